The van der Waals surface area contributed by atoms with Gasteiger partial charge in [-0.25, -0.2) is 4.99 Å². The van der Waals surface area contributed by atoms with Gasteiger partial charge in [-0.05, 0) is 70.6 Å². The SMILES string of the molecule is COc1cccc(COc2cc3ccccc3cc2/C=C2/SC(=Nc3ccccc3)NC2=O)c1. The van der Waals surface area contributed by atoms with Gasteiger partial charge in [0.05, 0.1) is 17.7 Å². The fraction of sp³-hybridized carbons (Fsp3) is 0.0714. The molecule has 1 fully saturated rings. The largest absolute Gasteiger partial charge is 0.497 e. The zero-order valence-electron chi connectivity index (χ0n) is 18.5. The molecule has 5 nitrogen and oxygen atoms in total. The van der Waals surface area contributed by atoms with Crippen molar-refractivity contribution in [2.45, 2.75) is 6.61 Å². The molecule has 0 aliphatic carbocycles. The Morgan fingerprint density at radius 2 is 1.68 bits per heavy atom. The molecule has 1 aliphatic rings. The van der Waals surface area contributed by atoms with Crippen LogP contribution in [0.25, 0.3) is 16.8 Å². The van der Waals surface area contributed by atoms with Crippen molar-refractivity contribution in [2.75, 3.05) is 7.11 Å². The lowest BCUT2D eigenvalue weighted by atomic mass is 10.1. The summed E-state index contributed by atoms with van der Waals surface area (Å²) in [4.78, 5) is 17.8. The van der Waals surface area contributed by atoms with Gasteiger partial charge in [0.2, 0.25) is 0 Å². The number of aliphatic imine (C=N–C) groups is 1. The van der Waals surface area contributed by atoms with Crippen LogP contribution >= 0.6 is 11.8 Å². The van der Waals surface area contributed by atoms with Crippen LogP contribution in [0.4, 0.5) is 5.69 Å². The van der Waals surface area contributed by atoms with Crippen LogP contribution in [0, 0.1) is 0 Å². The molecule has 1 heterocycles. The summed E-state index contributed by atoms with van der Waals surface area (Å²) < 4.78 is 11.5. The molecule has 1 aliphatic heterocycles. The molecule has 4 aromatic rings. The molecular weight excluding hydrogens is 444 g/mol. The number of thioether (sulfide) groups is 1. The van der Waals surface area contributed by atoms with Crippen LogP contribution in [0.2, 0.25) is 0 Å². The molecule has 0 atom stereocenters. The van der Waals surface area contributed by atoms with Gasteiger partial charge in [0.15, 0.2) is 5.17 Å². The van der Waals surface area contributed by atoms with Crippen LogP contribution < -0.4 is 14.8 Å². The Balaban J connectivity index is 1.46. The molecule has 5 rings (SSSR count). The van der Waals surface area contributed by atoms with Crippen LogP contribution in [-0.4, -0.2) is 18.2 Å². The molecule has 1 N–H and O–H groups in total. The van der Waals surface area contributed by atoms with E-state index in [0.29, 0.717) is 22.4 Å². The van der Waals surface area contributed by atoms with Crippen molar-refractivity contribution in [3.05, 3.63) is 107 Å². The minimum atomic E-state index is -0.174. The monoisotopic (exact) mass is 466 g/mol. The molecule has 168 valence electrons. The van der Waals surface area contributed by atoms with Crippen LogP contribution in [0.15, 0.2) is 101 Å². The summed E-state index contributed by atoms with van der Waals surface area (Å²) in [5.74, 6) is 1.31. The lowest BCUT2D eigenvalue weighted by Gasteiger charge is -2.12. The molecule has 0 bridgehead atoms. The Bertz CT molecular complexity index is 1410. The van der Waals surface area contributed by atoms with Crippen molar-refractivity contribution in [1.82, 2.24) is 5.32 Å². The van der Waals surface area contributed by atoms with Crippen LogP contribution in [0.5, 0.6) is 11.5 Å². The van der Waals surface area contributed by atoms with E-state index in [1.165, 1.54) is 11.8 Å². The van der Waals surface area contributed by atoms with E-state index < -0.39 is 0 Å². The Hall–Kier alpha value is -4.03. The molecule has 0 spiro atoms. The Labute approximate surface area is 202 Å². The summed E-state index contributed by atoms with van der Waals surface area (Å²) >= 11 is 1.32. The average molecular weight is 467 g/mol. The molecule has 1 saturated heterocycles. The highest BCUT2D eigenvalue weighted by Gasteiger charge is 2.24. The molecule has 0 saturated carbocycles. The Kier molecular flexibility index (Phi) is 6.31. The predicted octanol–water partition coefficient (Wildman–Crippen LogP) is 6.32. The standard InChI is InChI=1S/C28H22N2O3S/c1-32-24-13-7-8-19(14-24)18-33-25-16-21-10-6-5-9-20(21)15-22(25)17-26-27(31)30-28(34-26)29-23-11-3-2-4-12-23/h2-17H,18H2,1H3,(H,29,30,31)/b26-17+. The van der Waals surface area contributed by atoms with Gasteiger partial charge in [-0.1, -0.05) is 54.6 Å². The summed E-state index contributed by atoms with van der Waals surface area (Å²) in [5.41, 5.74) is 2.62. The van der Waals surface area contributed by atoms with Gasteiger partial charge in [-0.3, -0.25) is 4.79 Å². The summed E-state index contributed by atoms with van der Waals surface area (Å²) in [7, 11) is 1.65. The fourth-order valence-electron chi connectivity index (χ4n) is 3.64. The van der Waals surface area contributed by atoms with E-state index in [0.717, 1.165) is 33.3 Å². The second kappa shape index (κ2) is 9.85. The summed E-state index contributed by atoms with van der Waals surface area (Å²) in [6.07, 6.45) is 1.86. The zero-order chi connectivity index (χ0) is 23.3. The Morgan fingerprint density at radius 1 is 0.912 bits per heavy atom. The lowest BCUT2D eigenvalue weighted by Crippen LogP contribution is -2.19. The molecule has 0 unspecified atom stereocenters. The molecule has 4 aromatic carbocycles. The van der Waals surface area contributed by atoms with Crippen molar-refractivity contribution in [1.29, 1.82) is 0 Å². The smallest absolute Gasteiger partial charge is 0.264 e. The third kappa shape index (κ3) is 4.97. The van der Waals surface area contributed by atoms with Crippen molar-refractivity contribution in [3.63, 3.8) is 0 Å². The number of amidine groups is 1. The number of amides is 1. The number of para-hydroxylation sites is 1. The number of benzene rings is 4. The highest BCUT2D eigenvalue weighted by Crippen LogP contribution is 2.33. The zero-order valence-corrected chi connectivity index (χ0v) is 19.3. The van der Waals surface area contributed by atoms with Gasteiger partial charge >= 0.3 is 0 Å². The number of methoxy groups -OCH3 is 1. The number of carbonyl (C=O) groups is 1. The predicted molar refractivity (Wildman–Crippen MR) is 139 cm³/mol. The summed E-state index contributed by atoms with van der Waals surface area (Å²) in [6, 6.07) is 29.5. The summed E-state index contributed by atoms with van der Waals surface area (Å²) in [6.45, 7) is 0.381. The first-order chi connectivity index (χ1) is 16.7. The number of rotatable bonds is 6. The second-order valence-electron chi connectivity index (χ2n) is 7.69. The van der Waals surface area contributed by atoms with E-state index in [1.807, 2.05) is 97.1 Å². The molecule has 34 heavy (non-hydrogen) atoms. The van der Waals surface area contributed by atoms with E-state index in [9.17, 15) is 4.79 Å². The van der Waals surface area contributed by atoms with E-state index in [2.05, 4.69) is 10.3 Å². The number of carbonyl (C=O) groups excluding carboxylic acids is 1. The van der Waals surface area contributed by atoms with Crippen LogP contribution in [-0.2, 0) is 11.4 Å². The third-order valence-electron chi connectivity index (χ3n) is 5.33. The normalized spacial score (nSPS) is 15.6. The number of hydrogen-bond donors (Lipinski definition) is 1. The highest BCUT2D eigenvalue weighted by atomic mass is 32.2. The number of fused-ring (bicyclic) bond motifs is 1. The summed E-state index contributed by atoms with van der Waals surface area (Å²) in [5, 5.41) is 5.55. The topological polar surface area (TPSA) is 59.9 Å². The average Bonchev–Trinajstić information content (AvgIpc) is 3.21. The van der Waals surface area contributed by atoms with E-state index >= 15 is 0 Å². The van der Waals surface area contributed by atoms with Crippen molar-refractivity contribution >= 4 is 45.4 Å². The first-order valence-electron chi connectivity index (χ1n) is 10.8. The van der Waals surface area contributed by atoms with Gasteiger partial charge in [0.1, 0.15) is 18.1 Å². The molecule has 6 heteroatoms. The maximum Gasteiger partial charge on any atom is 0.264 e. The van der Waals surface area contributed by atoms with Gasteiger partial charge in [0, 0.05) is 5.56 Å². The van der Waals surface area contributed by atoms with Gasteiger partial charge in [0.25, 0.3) is 5.91 Å². The van der Waals surface area contributed by atoms with Crippen molar-refractivity contribution in [2.24, 2.45) is 4.99 Å². The van der Waals surface area contributed by atoms with Crippen molar-refractivity contribution < 1.29 is 14.3 Å². The van der Waals surface area contributed by atoms with E-state index in [4.69, 9.17) is 9.47 Å². The minimum Gasteiger partial charge on any atom is -0.497 e. The van der Waals surface area contributed by atoms with Crippen LogP contribution in [0.3, 0.4) is 0 Å². The lowest BCUT2D eigenvalue weighted by molar-refractivity contribution is -0.115. The van der Waals surface area contributed by atoms with E-state index in [1.54, 1.807) is 7.11 Å². The minimum absolute atomic E-state index is 0.174. The first kappa shape index (κ1) is 21.8. The number of ether oxygens (including phenoxy) is 2. The Morgan fingerprint density at radius 3 is 2.47 bits per heavy atom. The molecule has 0 radical (unpaired) electrons. The second-order valence-corrected chi connectivity index (χ2v) is 8.73. The number of hydrogen-bond acceptors (Lipinski definition) is 5. The van der Waals surface area contributed by atoms with Crippen molar-refractivity contribution in [3.8, 4) is 11.5 Å². The highest BCUT2D eigenvalue weighted by molar-refractivity contribution is 8.18. The maximum atomic E-state index is 12.7. The molecule has 1 amide bonds. The first-order valence-corrected chi connectivity index (χ1v) is 11.6. The third-order valence-corrected chi connectivity index (χ3v) is 6.24. The molecular formula is C28H22N2O3S. The maximum absolute atomic E-state index is 12.7. The van der Waals surface area contributed by atoms with Gasteiger partial charge in [-0.2, -0.15) is 0 Å². The van der Waals surface area contributed by atoms with Crippen LogP contribution in [0.1, 0.15) is 11.1 Å². The van der Waals surface area contributed by atoms with Gasteiger partial charge in [-0.15, -0.1) is 0 Å². The van der Waals surface area contributed by atoms with E-state index in [-0.39, 0.29) is 5.91 Å². The molecule has 0 aromatic heterocycles. The number of nitrogens with one attached hydrogen (secondary N) is 1. The van der Waals surface area contributed by atoms with Gasteiger partial charge < -0.3 is 14.8 Å². The fourth-order valence-corrected chi connectivity index (χ4v) is 4.47. The quantitative estimate of drug-likeness (QED) is 0.338. The number of nitrogens with zero attached hydrogens (tertiary/aromatic N) is 1.